The van der Waals surface area contributed by atoms with Crippen LogP contribution >= 0.6 is 15.9 Å². The summed E-state index contributed by atoms with van der Waals surface area (Å²) in [6.07, 6.45) is 1.97. The quantitative estimate of drug-likeness (QED) is 0.906. The molecular formula is C11H16BrNOS. The van der Waals surface area contributed by atoms with Crippen LogP contribution in [0.3, 0.4) is 0 Å². The van der Waals surface area contributed by atoms with Crippen LogP contribution in [0.5, 0.6) is 0 Å². The molecule has 2 atom stereocenters. The summed E-state index contributed by atoms with van der Waals surface area (Å²) in [6.45, 7) is 2.09. The number of hydrogen-bond donors (Lipinski definition) is 1. The lowest BCUT2D eigenvalue weighted by atomic mass is 10.2. The van der Waals surface area contributed by atoms with E-state index < -0.39 is 10.8 Å². The summed E-state index contributed by atoms with van der Waals surface area (Å²) in [6, 6.07) is 7.59. The molecule has 0 aliphatic carbocycles. The van der Waals surface area contributed by atoms with Crippen molar-refractivity contribution < 1.29 is 4.21 Å². The highest BCUT2D eigenvalue weighted by atomic mass is 79.9. The van der Waals surface area contributed by atoms with Gasteiger partial charge in [0.1, 0.15) is 0 Å². The van der Waals surface area contributed by atoms with E-state index in [1.54, 1.807) is 0 Å². The highest BCUT2D eigenvalue weighted by Gasteiger charge is 2.09. The van der Waals surface area contributed by atoms with E-state index in [-0.39, 0.29) is 6.04 Å². The minimum Gasteiger partial charge on any atom is -0.327 e. The minimum absolute atomic E-state index is 0.0412. The van der Waals surface area contributed by atoms with Crippen LogP contribution in [0.1, 0.15) is 19.8 Å². The Kier molecular flexibility index (Phi) is 5.50. The molecular weight excluding hydrogens is 274 g/mol. The van der Waals surface area contributed by atoms with Crippen LogP contribution < -0.4 is 5.73 Å². The zero-order chi connectivity index (χ0) is 11.3. The molecule has 0 heterocycles. The van der Waals surface area contributed by atoms with Gasteiger partial charge in [-0.3, -0.25) is 4.21 Å². The molecule has 0 spiro atoms. The van der Waals surface area contributed by atoms with Gasteiger partial charge in [-0.15, -0.1) is 0 Å². The second-order valence-corrected chi connectivity index (χ2v) is 5.93. The van der Waals surface area contributed by atoms with Crippen molar-refractivity contribution in [3.63, 3.8) is 0 Å². The summed E-state index contributed by atoms with van der Waals surface area (Å²) in [4.78, 5) is 0.852. The Hall–Kier alpha value is -0.190. The van der Waals surface area contributed by atoms with Crippen molar-refractivity contribution in [2.45, 2.75) is 30.7 Å². The minimum atomic E-state index is -0.969. The van der Waals surface area contributed by atoms with Gasteiger partial charge in [-0.05, 0) is 30.7 Å². The van der Waals surface area contributed by atoms with Crippen molar-refractivity contribution in [2.75, 3.05) is 5.75 Å². The second-order valence-electron chi connectivity index (χ2n) is 3.51. The lowest BCUT2D eigenvalue weighted by molar-refractivity contribution is 0.638. The normalized spacial score (nSPS) is 14.9. The van der Waals surface area contributed by atoms with Crippen molar-refractivity contribution in [3.05, 3.63) is 28.7 Å². The van der Waals surface area contributed by atoms with Gasteiger partial charge < -0.3 is 5.73 Å². The lowest BCUT2D eigenvalue weighted by Gasteiger charge is -2.09. The van der Waals surface area contributed by atoms with Gasteiger partial charge in [0.15, 0.2) is 0 Å². The Labute approximate surface area is 102 Å². The fourth-order valence-electron chi connectivity index (χ4n) is 1.33. The lowest BCUT2D eigenvalue weighted by Crippen LogP contribution is -2.26. The predicted octanol–water partition coefficient (Wildman–Crippen LogP) is 2.68. The second kappa shape index (κ2) is 6.40. The van der Waals surface area contributed by atoms with Gasteiger partial charge in [0.25, 0.3) is 0 Å². The van der Waals surface area contributed by atoms with Crippen molar-refractivity contribution in [2.24, 2.45) is 5.73 Å². The first-order chi connectivity index (χ1) is 7.13. The van der Waals surface area contributed by atoms with Gasteiger partial charge in [-0.25, -0.2) is 0 Å². The van der Waals surface area contributed by atoms with E-state index in [0.717, 1.165) is 22.2 Å². The zero-order valence-electron chi connectivity index (χ0n) is 8.78. The third-order valence-corrected chi connectivity index (χ3v) is 4.16. The van der Waals surface area contributed by atoms with Crippen LogP contribution in [0.2, 0.25) is 0 Å². The fourth-order valence-corrected chi connectivity index (χ4v) is 2.78. The van der Waals surface area contributed by atoms with Crippen molar-refractivity contribution in [3.8, 4) is 0 Å². The monoisotopic (exact) mass is 289 g/mol. The molecule has 0 saturated carbocycles. The molecule has 2 unspecified atom stereocenters. The maximum absolute atomic E-state index is 11.9. The van der Waals surface area contributed by atoms with Gasteiger partial charge >= 0.3 is 0 Å². The Balaban J connectivity index is 2.57. The van der Waals surface area contributed by atoms with Gasteiger partial charge in [-0.1, -0.05) is 29.3 Å². The molecule has 0 radical (unpaired) electrons. The molecule has 2 N–H and O–H groups in total. The molecule has 4 heteroatoms. The standard InChI is InChI=1S/C11H16BrNOS/c1-2-3-10(13)8-15(14)11-6-4-9(12)5-7-11/h4-7,10H,2-3,8,13H2,1H3. The third kappa shape index (κ3) is 4.45. The van der Waals surface area contributed by atoms with Crippen molar-refractivity contribution >= 4 is 26.7 Å². The van der Waals surface area contributed by atoms with E-state index in [9.17, 15) is 4.21 Å². The topological polar surface area (TPSA) is 43.1 Å². The summed E-state index contributed by atoms with van der Waals surface area (Å²) in [5.74, 6) is 0.551. The summed E-state index contributed by atoms with van der Waals surface area (Å²) in [5.41, 5.74) is 5.85. The highest BCUT2D eigenvalue weighted by molar-refractivity contribution is 9.10. The molecule has 15 heavy (non-hydrogen) atoms. The molecule has 0 amide bonds. The predicted molar refractivity (Wildman–Crippen MR) is 68.3 cm³/mol. The Bertz CT molecular complexity index is 326. The maximum atomic E-state index is 11.9. The van der Waals surface area contributed by atoms with Gasteiger partial charge in [-0.2, -0.15) is 0 Å². The first-order valence-corrected chi connectivity index (χ1v) is 7.14. The Morgan fingerprint density at radius 1 is 1.40 bits per heavy atom. The largest absolute Gasteiger partial charge is 0.327 e. The first kappa shape index (κ1) is 12.9. The summed E-state index contributed by atoms with van der Waals surface area (Å²) < 4.78 is 12.9. The molecule has 84 valence electrons. The van der Waals surface area contributed by atoms with E-state index in [1.807, 2.05) is 24.3 Å². The fraction of sp³-hybridized carbons (Fsp3) is 0.455. The SMILES string of the molecule is CCCC(N)CS(=O)c1ccc(Br)cc1. The molecule has 0 aliphatic heterocycles. The van der Waals surface area contributed by atoms with Crippen LogP contribution in [-0.4, -0.2) is 16.0 Å². The van der Waals surface area contributed by atoms with Crippen LogP contribution in [0.15, 0.2) is 33.6 Å². The van der Waals surface area contributed by atoms with E-state index in [1.165, 1.54) is 0 Å². The molecule has 1 aromatic rings. The van der Waals surface area contributed by atoms with E-state index in [0.29, 0.717) is 5.75 Å². The Morgan fingerprint density at radius 2 is 2.00 bits per heavy atom. The van der Waals surface area contributed by atoms with Crippen LogP contribution in [-0.2, 0) is 10.8 Å². The van der Waals surface area contributed by atoms with Crippen molar-refractivity contribution in [1.29, 1.82) is 0 Å². The molecule has 1 rings (SSSR count). The zero-order valence-corrected chi connectivity index (χ0v) is 11.2. The number of benzene rings is 1. The maximum Gasteiger partial charge on any atom is 0.0545 e. The number of halogens is 1. The average molecular weight is 290 g/mol. The van der Waals surface area contributed by atoms with Gasteiger partial charge in [0.05, 0.1) is 10.8 Å². The molecule has 2 nitrogen and oxygen atoms in total. The summed E-state index contributed by atoms with van der Waals surface area (Å²) >= 11 is 3.35. The average Bonchev–Trinajstić information content (AvgIpc) is 2.18. The van der Waals surface area contributed by atoms with Crippen LogP contribution in [0, 0.1) is 0 Å². The smallest absolute Gasteiger partial charge is 0.0545 e. The molecule has 0 fully saturated rings. The van der Waals surface area contributed by atoms with Gasteiger partial charge in [0, 0.05) is 21.2 Å². The summed E-state index contributed by atoms with van der Waals surface area (Å²) in [5, 5.41) is 0. The van der Waals surface area contributed by atoms with Crippen LogP contribution in [0.25, 0.3) is 0 Å². The molecule has 0 bridgehead atoms. The number of nitrogens with two attached hydrogens (primary N) is 1. The van der Waals surface area contributed by atoms with E-state index in [2.05, 4.69) is 22.9 Å². The molecule has 0 aliphatic rings. The van der Waals surface area contributed by atoms with Gasteiger partial charge in [0.2, 0.25) is 0 Å². The van der Waals surface area contributed by atoms with Crippen molar-refractivity contribution in [1.82, 2.24) is 0 Å². The van der Waals surface area contributed by atoms with E-state index >= 15 is 0 Å². The van der Waals surface area contributed by atoms with E-state index in [4.69, 9.17) is 5.73 Å². The summed E-state index contributed by atoms with van der Waals surface area (Å²) in [7, 11) is -0.969. The molecule has 1 aromatic carbocycles. The molecule has 0 saturated heterocycles. The Morgan fingerprint density at radius 3 is 2.53 bits per heavy atom. The third-order valence-electron chi connectivity index (χ3n) is 2.10. The van der Waals surface area contributed by atoms with Crippen LogP contribution in [0.4, 0.5) is 0 Å². The first-order valence-electron chi connectivity index (χ1n) is 5.03. The highest BCUT2D eigenvalue weighted by Crippen LogP contribution is 2.14. The number of rotatable bonds is 5. The molecule has 0 aromatic heterocycles. The number of hydrogen-bond acceptors (Lipinski definition) is 2.